The molecule has 33 heavy (non-hydrogen) atoms. The van der Waals surface area contributed by atoms with Gasteiger partial charge in [-0.05, 0) is 75.5 Å². The fraction of sp³-hybridized carbons (Fsp3) is 0.375. The van der Waals surface area contributed by atoms with Gasteiger partial charge in [-0.2, -0.15) is 0 Å². The lowest BCUT2D eigenvalue weighted by Crippen LogP contribution is -2.30. The van der Waals surface area contributed by atoms with E-state index in [1.54, 1.807) is 23.9 Å². The van der Waals surface area contributed by atoms with E-state index in [1.807, 2.05) is 42.0 Å². The maximum Gasteiger partial charge on any atom is 0.237 e. The molecule has 0 spiro atoms. The van der Waals surface area contributed by atoms with Crippen LogP contribution in [0.15, 0.2) is 58.6 Å². The number of benzene rings is 2. The molecule has 3 aromatic rings. The molecule has 0 bridgehead atoms. The van der Waals surface area contributed by atoms with Crippen molar-refractivity contribution in [3.05, 3.63) is 60.2 Å². The molecule has 1 aromatic heterocycles. The van der Waals surface area contributed by atoms with Gasteiger partial charge in [0.25, 0.3) is 0 Å². The first-order chi connectivity index (χ1) is 16.0. The molecule has 0 radical (unpaired) electrons. The van der Waals surface area contributed by atoms with Crippen LogP contribution < -0.4 is 5.32 Å². The number of carbonyl (C=O) groups excluding carboxylic acids is 1. The third-order valence-corrected chi connectivity index (χ3v) is 7.45. The minimum atomic E-state index is -0.397. The van der Waals surface area contributed by atoms with Crippen LogP contribution in [0.3, 0.4) is 0 Å². The molecule has 2 heterocycles. The Balaban J connectivity index is 1.55. The number of nitrogens with one attached hydrogen (secondary N) is 1. The third kappa shape index (κ3) is 5.96. The van der Waals surface area contributed by atoms with Crippen LogP contribution in [0, 0.1) is 5.82 Å². The number of piperidine rings is 1. The number of amides is 1. The number of halogens is 1. The molecule has 174 valence electrons. The molecule has 1 atom stereocenters. The number of nitrogens with zero attached hydrogens (tertiary/aromatic N) is 4. The van der Waals surface area contributed by atoms with Crippen molar-refractivity contribution in [2.45, 2.75) is 48.0 Å². The number of carbonyl (C=O) groups is 1. The molecule has 0 unspecified atom stereocenters. The van der Waals surface area contributed by atoms with E-state index in [2.05, 4.69) is 20.4 Å². The molecule has 0 aliphatic carbocycles. The van der Waals surface area contributed by atoms with Gasteiger partial charge in [0.15, 0.2) is 11.0 Å². The Bertz CT molecular complexity index is 1080. The van der Waals surface area contributed by atoms with Gasteiger partial charge in [-0.3, -0.25) is 14.3 Å². The number of hydrogen-bond donors (Lipinski definition) is 1. The Kier molecular flexibility index (Phi) is 8.06. The molecule has 1 N–H and O–H groups in total. The maximum atomic E-state index is 13.6. The first-order valence-corrected chi connectivity index (χ1v) is 13.2. The molecular weight excluding hydrogens is 457 g/mol. The topological polar surface area (TPSA) is 63.1 Å². The summed E-state index contributed by atoms with van der Waals surface area (Å²) in [6.45, 7) is 4.60. The molecule has 1 amide bonds. The van der Waals surface area contributed by atoms with Crippen LogP contribution in [0.2, 0.25) is 0 Å². The summed E-state index contributed by atoms with van der Waals surface area (Å²) in [5.41, 5.74) is 1.59. The second kappa shape index (κ2) is 11.2. The molecule has 1 saturated heterocycles. The first-order valence-electron chi connectivity index (χ1n) is 11.1. The van der Waals surface area contributed by atoms with Gasteiger partial charge in [0, 0.05) is 10.6 Å². The lowest BCUT2D eigenvalue weighted by Gasteiger charge is -2.26. The van der Waals surface area contributed by atoms with Crippen molar-refractivity contribution in [2.24, 2.45) is 0 Å². The number of aromatic nitrogens is 3. The summed E-state index contributed by atoms with van der Waals surface area (Å²) in [5.74, 6) is 0.401. The monoisotopic (exact) mass is 485 g/mol. The van der Waals surface area contributed by atoms with Gasteiger partial charge in [0.2, 0.25) is 5.91 Å². The second-order valence-corrected chi connectivity index (χ2v) is 10.2. The zero-order chi connectivity index (χ0) is 23.2. The minimum Gasteiger partial charge on any atom is -0.324 e. The highest BCUT2D eigenvalue weighted by atomic mass is 32.2. The standard InChI is InChI=1S/C24H28FN5OS2/c1-17(23(31)26-20-8-4-5-9-21(20)32-2)33-24-28-27-22(16-29-14-6-3-7-15-29)30(24)19-12-10-18(25)11-13-19/h4-5,8-13,17H,3,6-7,14-16H2,1-2H3,(H,26,31)/t17-/m1/s1. The largest absolute Gasteiger partial charge is 0.324 e. The van der Waals surface area contributed by atoms with Gasteiger partial charge < -0.3 is 5.32 Å². The zero-order valence-electron chi connectivity index (χ0n) is 18.8. The lowest BCUT2D eigenvalue weighted by molar-refractivity contribution is -0.115. The highest BCUT2D eigenvalue weighted by Gasteiger charge is 2.23. The smallest absolute Gasteiger partial charge is 0.237 e. The average Bonchev–Trinajstić information content (AvgIpc) is 3.22. The van der Waals surface area contributed by atoms with Crippen molar-refractivity contribution in [2.75, 3.05) is 24.7 Å². The van der Waals surface area contributed by atoms with Crippen molar-refractivity contribution in [3.63, 3.8) is 0 Å². The number of rotatable bonds is 8. The van der Waals surface area contributed by atoms with E-state index >= 15 is 0 Å². The van der Waals surface area contributed by atoms with E-state index in [1.165, 1.54) is 43.2 Å². The fourth-order valence-electron chi connectivity index (χ4n) is 3.84. The molecule has 9 heteroatoms. The van der Waals surface area contributed by atoms with Crippen LogP contribution in [-0.2, 0) is 11.3 Å². The highest BCUT2D eigenvalue weighted by Crippen LogP contribution is 2.29. The molecule has 1 fully saturated rings. The van der Waals surface area contributed by atoms with Crippen LogP contribution in [0.4, 0.5) is 10.1 Å². The van der Waals surface area contributed by atoms with Crippen molar-refractivity contribution < 1.29 is 9.18 Å². The first kappa shape index (κ1) is 23.8. The summed E-state index contributed by atoms with van der Waals surface area (Å²) in [4.78, 5) is 16.3. The SMILES string of the molecule is CSc1ccccc1NC(=O)[C@@H](C)Sc1nnc(CN2CCCCC2)n1-c1ccc(F)cc1. The third-order valence-electron chi connectivity index (χ3n) is 5.62. The number of para-hydroxylation sites is 1. The van der Waals surface area contributed by atoms with E-state index in [0.29, 0.717) is 11.7 Å². The van der Waals surface area contributed by atoms with Crippen LogP contribution >= 0.6 is 23.5 Å². The van der Waals surface area contributed by atoms with Gasteiger partial charge in [0.05, 0.1) is 17.5 Å². The van der Waals surface area contributed by atoms with Crippen molar-refractivity contribution in [1.82, 2.24) is 19.7 Å². The summed E-state index contributed by atoms with van der Waals surface area (Å²) >= 11 is 2.94. The molecule has 1 aliphatic rings. The van der Waals surface area contributed by atoms with Crippen molar-refractivity contribution in [3.8, 4) is 5.69 Å². The molecular formula is C24H28FN5OS2. The molecule has 2 aromatic carbocycles. The molecule has 1 aliphatic heterocycles. The Hall–Kier alpha value is -2.36. The molecule has 6 nitrogen and oxygen atoms in total. The Morgan fingerprint density at radius 1 is 1.09 bits per heavy atom. The summed E-state index contributed by atoms with van der Waals surface area (Å²) in [6, 6.07) is 14.1. The van der Waals surface area contributed by atoms with Gasteiger partial charge in [0.1, 0.15) is 5.82 Å². The predicted molar refractivity (Wildman–Crippen MR) is 133 cm³/mol. The fourth-order valence-corrected chi connectivity index (χ4v) is 5.28. The van der Waals surface area contributed by atoms with E-state index in [4.69, 9.17) is 0 Å². The lowest BCUT2D eigenvalue weighted by atomic mass is 10.1. The summed E-state index contributed by atoms with van der Waals surface area (Å²) in [7, 11) is 0. The highest BCUT2D eigenvalue weighted by molar-refractivity contribution is 8.00. The molecule has 4 rings (SSSR count). The summed E-state index contributed by atoms with van der Waals surface area (Å²) in [5, 5.41) is 12.1. The van der Waals surface area contributed by atoms with Crippen LogP contribution in [0.5, 0.6) is 0 Å². The summed E-state index contributed by atoms with van der Waals surface area (Å²) in [6.07, 6.45) is 5.61. The van der Waals surface area contributed by atoms with Gasteiger partial charge in [-0.15, -0.1) is 22.0 Å². The zero-order valence-corrected chi connectivity index (χ0v) is 20.5. The average molecular weight is 486 g/mol. The number of hydrogen-bond acceptors (Lipinski definition) is 6. The van der Waals surface area contributed by atoms with E-state index in [-0.39, 0.29) is 11.7 Å². The maximum absolute atomic E-state index is 13.6. The van der Waals surface area contributed by atoms with Crippen LogP contribution in [0.1, 0.15) is 32.0 Å². The predicted octanol–water partition coefficient (Wildman–Crippen LogP) is 5.23. The van der Waals surface area contributed by atoms with Crippen LogP contribution in [0.25, 0.3) is 5.69 Å². The minimum absolute atomic E-state index is 0.104. The normalized spacial score (nSPS) is 15.4. The Morgan fingerprint density at radius 3 is 2.55 bits per heavy atom. The molecule has 0 saturated carbocycles. The number of likely N-dealkylation sites (tertiary alicyclic amines) is 1. The Morgan fingerprint density at radius 2 is 1.82 bits per heavy atom. The van der Waals surface area contributed by atoms with Crippen LogP contribution in [-0.4, -0.2) is 50.2 Å². The quantitative estimate of drug-likeness (QED) is 0.441. The van der Waals surface area contributed by atoms with Gasteiger partial charge in [-0.1, -0.05) is 30.3 Å². The Labute approximate surface area is 202 Å². The second-order valence-electron chi connectivity index (χ2n) is 8.00. The summed E-state index contributed by atoms with van der Waals surface area (Å²) < 4.78 is 15.5. The van der Waals surface area contributed by atoms with Gasteiger partial charge >= 0.3 is 0 Å². The van der Waals surface area contributed by atoms with Crippen molar-refractivity contribution in [1.29, 1.82) is 0 Å². The number of thioether (sulfide) groups is 2. The van der Waals surface area contributed by atoms with Gasteiger partial charge in [-0.25, -0.2) is 4.39 Å². The van der Waals surface area contributed by atoms with E-state index < -0.39 is 5.25 Å². The number of anilines is 1. The van der Waals surface area contributed by atoms with E-state index in [0.717, 1.165) is 35.2 Å². The van der Waals surface area contributed by atoms with E-state index in [9.17, 15) is 9.18 Å². The van der Waals surface area contributed by atoms with Crippen molar-refractivity contribution >= 4 is 35.1 Å².